The molecule has 1 saturated carbocycles. The van der Waals surface area contributed by atoms with Crippen molar-refractivity contribution in [3.05, 3.63) is 47.5 Å². The maximum absolute atomic E-state index is 12.5. The fourth-order valence-corrected chi connectivity index (χ4v) is 3.85. The summed E-state index contributed by atoms with van der Waals surface area (Å²) in [5.74, 6) is -0.482. The number of amides is 3. The molecule has 152 valence electrons. The number of carbonyl (C=O) groups excluding carboxylic acids is 3. The van der Waals surface area contributed by atoms with Crippen molar-refractivity contribution in [3.8, 4) is 0 Å². The first-order chi connectivity index (χ1) is 14.1. The van der Waals surface area contributed by atoms with E-state index in [4.69, 9.17) is 0 Å². The molecule has 1 aliphatic carbocycles. The van der Waals surface area contributed by atoms with Gasteiger partial charge in [-0.15, -0.1) is 0 Å². The first-order valence-corrected chi connectivity index (χ1v) is 9.93. The van der Waals surface area contributed by atoms with Crippen LogP contribution < -0.4 is 16.0 Å². The zero-order valence-corrected chi connectivity index (χ0v) is 16.1. The lowest BCUT2D eigenvalue weighted by molar-refractivity contribution is -0.121. The number of carbonyl (C=O) groups is 3. The van der Waals surface area contributed by atoms with E-state index in [-0.39, 0.29) is 35.5 Å². The maximum atomic E-state index is 12.5. The van der Waals surface area contributed by atoms with Gasteiger partial charge in [-0.25, -0.2) is 0 Å². The Balaban J connectivity index is 1.24. The first-order valence-electron chi connectivity index (χ1n) is 9.93. The summed E-state index contributed by atoms with van der Waals surface area (Å²) in [7, 11) is 0. The summed E-state index contributed by atoms with van der Waals surface area (Å²) in [4.78, 5) is 40.6. The highest BCUT2D eigenvalue weighted by Gasteiger charge is 2.29. The molecule has 2 aromatic heterocycles. The predicted molar refractivity (Wildman–Crippen MR) is 104 cm³/mol. The van der Waals surface area contributed by atoms with Gasteiger partial charge in [0.2, 0.25) is 5.91 Å². The van der Waals surface area contributed by atoms with E-state index in [2.05, 4.69) is 26.0 Å². The quantitative estimate of drug-likeness (QED) is 0.654. The third-order valence-electron chi connectivity index (χ3n) is 5.35. The van der Waals surface area contributed by atoms with Crippen molar-refractivity contribution < 1.29 is 14.4 Å². The molecule has 3 amide bonds. The molecule has 29 heavy (non-hydrogen) atoms. The smallest absolute Gasteiger partial charge is 0.272 e. The fraction of sp³-hybridized carbons (Fsp3) is 0.450. The molecule has 4 rings (SSSR count). The molecule has 1 fully saturated rings. The van der Waals surface area contributed by atoms with Gasteiger partial charge in [0.25, 0.3) is 11.8 Å². The van der Waals surface area contributed by atoms with Crippen LogP contribution in [0.15, 0.2) is 30.6 Å². The Kier molecular flexibility index (Phi) is 5.55. The molecule has 2 atom stereocenters. The van der Waals surface area contributed by atoms with Gasteiger partial charge in [0.1, 0.15) is 5.69 Å². The summed E-state index contributed by atoms with van der Waals surface area (Å²) in [6, 6.07) is 5.39. The molecule has 2 aliphatic rings. The Hall–Kier alpha value is -3.23. The lowest BCUT2D eigenvalue weighted by atomic mass is 10.1. The van der Waals surface area contributed by atoms with Crippen LogP contribution in [-0.2, 0) is 17.8 Å². The van der Waals surface area contributed by atoms with Gasteiger partial charge in [-0.3, -0.25) is 24.0 Å². The number of fused-ring (bicyclic) bond motifs is 1. The van der Waals surface area contributed by atoms with Gasteiger partial charge in [-0.2, -0.15) is 5.10 Å². The molecular weight excluding hydrogens is 372 g/mol. The van der Waals surface area contributed by atoms with Gasteiger partial charge in [-0.1, -0.05) is 6.07 Å². The van der Waals surface area contributed by atoms with Crippen LogP contribution >= 0.6 is 0 Å². The van der Waals surface area contributed by atoms with Crippen LogP contribution in [0.1, 0.15) is 52.2 Å². The van der Waals surface area contributed by atoms with Crippen LogP contribution in [0.25, 0.3) is 0 Å². The molecule has 0 bridgehead atoms. The van der Waals surface area contributed by atoms with Crippen LogP contribution in [0, 0.1) is 0 Å². The standard InChI is InChI=1S/C20H24N6O3/c27-18(6-3-13-2-1-7-21-12-13)23-14-4-5-15(10-14)24-19(28)16-11-17-20(29)22-8-9-26(17)25-16/h1-2,7,11-12,14-15H,3-6,8-10H2,(H,22,29)(H,23,27)(H,24,28)/t14-,15+/m0/s1. The lowest BCUT2D eigenvalue weighted by Gasteiger charge is -2.14. The van der Waals surface area contributed by atoms with E-state index in [1.165, 1.54) is 6.07 Å². The number of nitrogens with one attached hydrogen (secondary N) is 3. The molecule has 9 heteroatoms. The van der Waals surface area contributed by atoms with Crippen molar-refractivity contribution in [2.45, 2.75) is 50.7 Å². The Labute approximate surface area is 168 Å². The van der Waals surface area contributed by atoms with Crippen molar-refractivity contribution in [1.29, 1.82) is 0 Å². The minimum atomic E-state index is -0.284. The summed E-state index contributed by atoms with van der Waals surface area (Å²) in [5, 5.41) is 13.0. The van der Waals surface area contributed by atoms with Gasteiger partial charge >= 0.3 is 0 Å². The molecule has 1 aliphatic heterocycles. The average Bonchev–Trinajstić information content (AvgIpc) is 3.35. The maximum Gasteiger partial charge on any atom is 0.272 e. The van der Waals surface area contributed by atoms with Crippen molar-refractivity contribution in [3.63, 3.8) is 0 Å². The van der Waals surface area contributed by atoms with Gasteiger partial charge in [0.15, 0.2) is 5.69 Å². The van der Waals surface area contributed by atoms with E-state index in [0.29, 0.717) is 38.0 Å². The van der Waals surface area contributed by atoms with Crippen molar-refractivity contribution >= 4 is 17.7 Å². The molecule has 0 spiro atoms. The topological polar surface area (TPSA) is 118 Å². The summed E-state index contributed by atoms with van der Waals surface area (Å²) in [6.07, 6.45) is 6.88. The van der Waals surface area contributed by atoms with Crippen molar-refractivity contribution in [2.24, 2.45) is 0 Å². The van der Waals surface area contributed by atoms with Gasteiger partial charge in [0, 0.05) is 43.5 Å². The van der Waals surface area contributed by atoms with Crippen LogP contribution in [0.2, 0.25) is 0 Å². The number of hydrogen-bond acceptors (Lipinski definition) is 5. The molecule has 0 saturated heterocycles. The molecular formula is C20H24N6O3. The number of aromatic nitrogens is 3. The second kappa shape index (κ2) is 8.42. The van der Waals surface area contributed by atoms with E-state index in [9.17, 15) is 14.4 Å². The zero-order valence-electron chi connectivity index (χ0n) is 16.1. The molecule has 0 radical (unpaired) electrons. The Morgan fingerprint density at radius 3 is 2.83 bits per heavy atom. The molecule has 3 N–H and O–H groups in total. The fourth-order valence-electron chi connectivity index (χ4n) is 3.85. The third kappa shape index (κ3) is 4.61. The lowest BCUT2D eigenvalue weighted by Crippen LogP contribution is -2.37. The summed E-state index contributed by atoms with van der Waals surface area (Å²) in [5.41, 5.74) is 1.70. The predicted octanol–water partition coefficient (Wildman–Crippen LogP) is 0.421. The van der Waals surface area contributed by atoms with Crippen molar-refractivity contribution in [1.82, 2.24) is 30.7 Å². The SMILES string of the molecule is O=C(CCc1cccnc1)N[C@H]1CC[C@@H](NC(=O)c2cc3n(n2)CCNC3=O)C1. The summed E-state index contributed by atoms with van der Waals surface area (Å²) in [6.45, 7) is 1.07. The van der Waals surface area contributed by atoms with Crippen molar-refractivity contribution in [2.75, 3.05) is 6.54 Å². The van der Waals surface area contributed by atoms with Crippen LogP contribution in [0.5, 0.6) is 0 Å². The summed E-state index contributed by atoms with van der Waals surface area (Å²) >= 11 is 0. The van der Waals surface area contributed by atoms with Crippen LogP contribution in [0.4, 0.5) is 0 Å². The number of aryl methyl sites for hydroxylation is 1. The minimum absolute atomic E-state index is 0.0126. The highest BCUT2D eigenvalue weighted by atomic mass is 16.2. The molecule has 3 heterocycles. The van der Waals surface area contributed by atoms with E-state index in [0.717, 1.165) is 18.4 Å². The molecule has 2 aromatic rings. The second-order valence-corrected chi connectivity index (χ2v) is 7.50. The Morgan fingerprint density at radius 2 is 2.07 bits per heavy atom. The number of pyridine rings is 1. The Morgan fingerprint density at radius 1 is 1.24 bits per heavy atom. The van der Waals surface area contributed by atoms with E-state index >= 15 is 0 Å². The van der Waals surface area contributed by atoms with E-state index in [1.54, 1.807) is 17.1 Å². The van der Waals surface area contributed by atoms with Crippen LogP contribution in [0.3, 0.4) is 0 Å². The van der Waals surface area contributed by atoms with E-state index in [1.807, 2.05) is 12.1 Å². The third-order valence-corrected chi connectivity index (χ3v) is 5.35. The molecule has 0 aromatic carbocycles. The average molecular weight is 396 g/mol. The van der Waals surface area contributed by atoms with Gasteiger partial charge in [-0.05, 0) is 37.3 Å². The summed E-state index contributed by atoms with van der Waals surface area (Å²) < 4.78 is 1.56. The minimum Gasteiger partial charge on any atom is -0.353 e. The monoisotopic (exact) mass is 396 g/mol. The largest absolute Gasteiger partial charge is 0.353 e. The van der Waals surface area contributed by atoms with Gasteiger partial charge < -0.3 is 16.0 Å². The zero-order chi connectivity index (χ0) is 20.2. The van der Waals surface area contributed by atoms with Gasteiger partial charge in [0.05, 0.1) is 6.54 Å². The molecule has 0 unspecified atom stereocenters. The Bertz CT molecular complexity index is 910. The highest BCUT2D eigenvalue weighted by Crippen LogP contribution is 2.20. The second-order valence-electron chi connectivity index (χ2n) is 7.50. The molecule has 9 nitrogen and oxygen atoms in total. The highest BCUT2D eigenvalue weighted by molar-refractivity contribution is 5.98. The van der Waals surface area contributed by atoms with Crippen LogP contribution in [-0.4, -0.2) is 51.1 Å². The first kappa shape index (κ1) is 19.1. The normalized spacial score (nSPS) is 20.6. The van der Waals surface area contributed by atoms with E-state index < -0.39 is 0 Å². The number of nitrogens with zero attached hydrogens (tertiary/aromatic N) is 3. The number of rotatable bonds is 6. The number of hydrogen-bond donors (Lipinski definition) is 3.